The van der Waals surface area contributed by atoms with E-state index in [2.05, 4.69) is 10.0 Å². The fourth-order valence-electron chi connectivity index (χ4n) is 2.80. The van der Waals surface area contributed by atoms with Gasteiger partial charge in [0.25, 0.3) is 5.91 Å². The van der Waals surface area contributed by atoms with E-state index in [0.29, 0.717) is 36.7 Å². The fraction of sp³-hybridized carbons (Fsp3) is 0.529. The van der Waals surface area contributed by atoms with Crippen molar-refractivity contribution in [1.29, 1.82) is 0 Å². The molecule has 1 atom stereocenters. The summed E-state index contributed by atoms with van der Waals surface area (Å²) in [4.78, 5) is 26.7. The Hall–Kier alpha value is -2.09. The van der Waals surface area contributed by atoms with Gasteiger partial charge in [0, 0.05) is 24.3 Å². The number of likely N-dealkylation sites (tertiary alicyclic amines) is 1. The summed E-state index contributed by atoms with van der Waals surface area (Å²) in [6.45, 7) is 5.11. The molecule has 0 bridgehead atoms. The van der Waals surface area contributed by atoms with Crippen molar-refractivity contribution < 1.29 is 18.0 Å². The molecule has 1 aliphatic heterocycles. The summed E-state index contributed by atoms with van der Waals surface area (Å²) >= 11 is 0. The zero-order valence-electron chi connectivity index (χ0n) is 14.8. The summed E-state index contributed by atoms with van der Waals surface area (Å²) in [6, 6.07) is 5.83. The molecule has 1 saturated heterocycles. The van der Waals surface area contributed by atoms with Crippen LogP contribution in [0.5, 0.6) is 0 Å². The van der Waals surface area contributed by atoms with Crippen LogP contribution in [0.15, 0.2) is 24.3 Å². The van der Waals surface area contributed by atoms with Crippen molar-refractivity contribution in [2.24, 2.45) is 5.92 Å². The number of sulfonamides is 1. The third-order valence-electron chi connectivity index (χ3n) is 3.91. The molecule has 0 saturated carbocycles. The highest BCUT2D eigenvalue weighted by Gasteiger charge is 2.34. The fourth-order valence-corrected chi connectivity index (χ4v) is 3.36. The van der Waals surface area contributed by atoms with Crippen LogP contribution in [0, 0.1) is 5.92 Å². The molecule has 1 heterocycles. The van der Waals surface area contributed by atoms with Crippen molar-refractivity contribution >= 4 is 27.5 Å². The smallest absolute Gasteiger partial charge is 0.254 e. The summed E-state index contributed by atoms with van der Waals surface area (Å²) < 4.78 is 25.0. The number of nitrogens with zero attached hydrogens (tertiary/aromatic N) is 1. The number of benzene rings is 1. The molecule has 0 aliphatic carbocycles. The van der Waals surface area contributed by atoms with Gasteiger partial charge in [0.05, 0.1) is 6.26 Å². The quantitative estimate of drug-likeness (QED) is 0.795. The molecule has 1 fully saturated rings. The predicted octanol–water partition coefficient (Wildman–Crippen LogP) is 1.43. The van der Waals surface area contributed by atoms with Crippen molar-refractivity contribution in [2.45, 2.75) is 32.7 Å². The van der Waals surface area contributed by atoms with Crippen LogP contribution in [0.3, 0.4) is 0 Å². The molecule has 8 heteroatoms. The molecule has 1 aromatic carbocycles. The van der Waals surface area contributed by atoms with Gasteiger partial charge in [0.1, 0.15) is 6.04 Å². The monoisotopic (exact) mass is 367 g/mol. The molecule has 2 rings (SSSR count). The number of hydrogen-bond acceptors (Lipinski definition) is 4. The van der Waals surface area contributed by atoms with Crippen LogP contribution in [0.2, 0.25) is 0 Å². The van der Waals surface area contributed by atoms with Crippen molar-refractivity contribution in [2.75, 3.05) is 24.1 Å². The van der Waals surface area contributed by atoms with Gasteiger partial charge in [0.2, 0.25) is 15.9 Å². The molecule has 0 aromatic heterocycles. The van der Waals surface area contributed by atoms with Gasteiger partial charge in [-0.3, -0.25) is 14.3 Å². The molecule has 0 radical (unpaired) electrons. The Labute approximate surface area is 148 Å². The number of amides is 2. The molecule has 1 aromatic rings. The highest BCUT2D eigenvalue weighted by atomic mass is 32.2. The predicted molar refractivity (Wildman–Crippen MR) is 96.8 cm³/mol. The third-order valence-corrected chi connectivity index (χ3v) is 4.52. The standard InChI is InChI=1S/C17H25N3O4S/c1-12(2)11-18-16(21)15-8-5-9-20(15)17(22)13-6-4-7-14(10-13)19-25(3,23)24/h4,6-7,10,12,15,19H,5,8-9,11H2,1-3H3,(H,18,21). The second-order valence-electron chi connectivity index (χ2n) is 6.75. The third kappa shape index (κ3) is 5.45. The highest BCUT2D eigenvalue weighted by Crippen LogP contribution is 2.22. The van der Waals surface area contributed by atoms with Crippen molar-refractivity contribution in [3.8, 4) is 0 Å². The lowest BCUT2D eigenvalue weighted by atomic mass is 10.1. The van der Waals surface area contributed by atoms with Gasteiger partial charge in [-0.05, 0) is 37.0 Å². The Balaban J connectivity index is 2.13. The Kier molecular flexibility index (Phi) is 6.05. The molecule has 2 amide bonds. The van der Waals surface area contributed by atoms with Gasteiger partial charge in [-0.2, -0.15) is 0 Å². The molecular formula is C17H25N3O4S. The van der Waals surface area contributed by atoms with E-state index in [1.807, 2.05) is 13.8 Å². The zero-order valence-corrected chi connectivity index (χ0v) is 15.6. The van der Waals surface area contributed by atoms with Gasteiger partial charge >= 0.3 is 0 Å². The molecule has 25 heavy (non-hydrogen) atoms. The zero-order chi connectivity index (χ0) is 18.6. The Morgan fingerprint density at radius 2 is 2.04 bits per heavy atom. The van der Waals surface area contributed by atoms with Crippen molar-refractivity contribution in [1.82, 2.24) is 10.2 Å². The maximum absolute atomic E-state index is 12.8. The second-order valence-corrected chi connectivity index (χ2v) is 8.50. The summed E-state index contributed by atoms with van der Waals surface area (Å²) in [5.41, 5.74) is 0.686. The molecule has 7 nitrogen and oxygen atoms in total. The van der Waals surface area contributed by atoms with Gasteiger partial charge < -0.3 is 10.2 Å². The van der Waals surface area contributed by atoms with Crippen LogP contribution >= 0.6 is 0 Å². The SMILES string of the molecule is CC(C)CNC(=O)C1CCCN1C(=O)c1cccc(NS(C)(=O)=O)c1. The first-order chi connectivity index (χ1) is 11.7. The number of rotatable bonds is 6. The molecule has 0 spiro atoms. The maximum atomic E-state index is 12.8. The molecular weight excluding hydrogens is 342 g/mol. The van der Waals surface area contributed by atoms with Crippen LogP contribution < -0.4 is 10.0 Å². The first kappa shape index (κ1) is 19.2. The summed E-state index contributed by atoms with van der Waals surface area (Å²) in [7, 11) is -3.42. The molecule has 1 unspecified atom stereocenters. The number of carbonyl (C=O) groups is 2. The summed E-state index contributed by atoms with van der Waals surface area (Å²) in [5, 5.41) is 2.88. The van der Waals surface area contributed by atoms with Crippen LogP contribution in [0.4, 0.5) is 5.69 Å². The maximum Gasteiger partial charge on any atom is 0.254 e. The summed E-state index contributed by atoms with van der Waals surface area (Å²) in [5.74, 6) is -0.0578. The normalized spacial score (nSPS) is 17.6. The van der Waals surface area contributed by atoms with E-state index in [9.17, 15) is 18.0 Å². The molecule has 2 N–H and O–H groups in total. The van der Waals surface area contributed by atoms with Crippen LogP contribution in [0.1, 0.15) is 37.0 Å². The van der Waals surface area contributed by atoms with Gasteiger partial charge in [0.15, 0.2) is 0 Å². The van der Waals surface area contributed by atoms with E-state index in [4.69, 9.17) is 0 Å². The molecule has 1 aliphatic rings. The topological polar surface area (TPSA) is 95.6 Å². The Morgan fingerprint density at radius 3 is 2.68 bits per heavy atom. The van der Waals surface area contributed by atoms with E-state index < -0.39 is 16.1 Å². The van der Waals surface area contributed by atoms with Crippen LogP contribution in [0.25, 0.3) is 0 Å². The number of carbonyl (C=O) groups excluding carboxylic acids is 2. The first-order valence-corrected chi connectivity index (χ1v) is 10.2. The minimum atomic E-state index is -3.42. The Morgan fingerprint density at radius 1 is 1.32 bits per heavy atom. The minimum Gasteiger partial charge on any atom is -0.354 e. The highest BCUT2D eigenvalue weighted by molar-refractivity contribution is 7.92. The summed E-state index contributed by atoms with van der Waals surface area (Å²) in [6.07, 6.45) is 2.46. The van der Waals surface area contributed by atoms with Crippen LogP contribution in [-0.2, 0) is 14.8 Å². The molecule has 138 valence electrons. The lowest BCUT2D eigenvalue weighted by Crippen LogP contribution is -2.46. The van der Waals surface area contributed by atoms with Gasteiger partial charge in [-0.15, -0.1) is 0 Å². The lowest BCUT2D eigenvalue weighted by molar-refractivity contribution is -0.125. The average molecular weight is 367 g/mol. The Bertz CT molecular complexity index is 746. The van der Waals surface area contributed by atoms with E-state index in [-0.39, 0.29) is 11.8 Å². The van der Waals surface area contributed by atoms with Crippen molar-refractivity contribution in [3.63, 3.8) is 0 Å². The average Bonchev–Trinajstić information content (AvgIpc) is 3.00. The second kappa shape index (κ2) is 7.86. The largest absolute Gasteiger partial charge is 0.354 e. The number of nitrogens with one attached hydrogen (secondary N) is 2. The lowest BCUT2D eigenvalue weighted by Gasteiger charge is -2.24. The minimum absolute atomic E-state index is 0.134. The van der Waals surface area contributed by atoms with E-state index in [1.54, 1.807) is 23.1 Å². The van der Waals surface area contributed by atoms with Gasteiger partial charge in [-0.1, -0.05) is 19.9 Å². The van der Waals surface area contributed by atoms with E-state index in [0.717, 1.165) is 12.7 Å². The number of anilines is 1. The first-order valence-electron chi connectivity index (χ1n) is 8.34. The van der Waals surface area contributed by atoms with Crippen LogP contribution in [-0.4, -0.2) is 50.5 Å². The van der Waals surface area contributed by atoms with Gasteiger partial charge in [-0.25, -0.2) is 8.42 Å². The van der Waals surface area contributed by atoms with E-state index in [1.165, 1.54) is 6.07 Å². The van der Waals surface area contributed by atoms with E-state index >= 15 is 0 Å². The number of hydrogen-bond donors (Lipinski definition) is 2. The van der Waals surface area contributed by atoms with Crippen molar-refractivity contribution in [3.05, 3.63) is 29.8 Å².